The van der Waals surface area contributed by atoms with Gasteiger partial charge in [0.15, 0.2) is 11.5 Å². The number of ether oxygens (including phenoxy) is 2. The van der Waals surface area contributed by atoms with Gasteiger partial charge in [-0.2, -0.15) is 0 Å². The van der Waals surface area contributed by atoms with Crippen molar-refractivity contribution in [3.8, 4) is 11.5 Å². The first kappa shape index (κ1) is 20.4. The van der Waals surface area contributed by atoms with E-state index in [9.17, 15) is 9.59 Å². The van der Waals surface area contributed by atoms with E-state index in [-0.39, 0.29) is 11.9 Å². The number of hydrogen-bond donors (Lipinski definition) is 1. The monoisotopic (exact) mass is 485 g/mol. The van der Waals surface area contributed by atoms with Crippen LogP contribution in [0.25, 0.3) is 10.9 Å². The molecule has 3 amide bonds. The van der Waals surface area contributed by atoms with Gasteiger partial charge in [0.25, 0.3) is 5.91 Å². The lowest BCUT2D eigenvalue weighted by Gasteiger charge is -2.36. The molecule has 0 radical (unpaired) electrons. The fraction of sp³-hybridized carbons (Fsp3) is 0.185. The van der Waals surface area contributed by atoms with Crippen LogP contribution in [-0.2, 0) is 11.2 Å². The average Bonchev–Trinajstić information content (AvgIpc) is 3.37. The Morgan fingerprint density at radius 3 is 2.60 bits per heavy atom. The third-order valence-corrected chi connectivity index (χ3v) is 7.23. The number of aromatic amines is 1. The summed E-state index contributed by atoms with van der Waals surface area (Å²) in [7, 11) is 0. The minimum absolute atomic E-state index is 0.255. The van der Waals surface area contributed by atoms with Crippen LogP contribution >= 0.6 is 11.6 Å². The van der Waals surface area contributed by atoms with E-state index in [0.717, 1.165) is 27.7 Å². The van der Waals surface area contributed by atoms with Gasteiger partial charge in [0.05, 0.1) is 5.69 Å². The number of fused-ring (bicyclic) bond motifs is 5. The van der Waals surface area contributed by atoms with E-state index in [0.29, 0.717) is 41.8 Å². The molecule has 1 fully saturated rings. The zero-order valence-corrected chi connectivity index (χ0v) is 19.3. The molecule has 0 bridgehead atoms. The van der Waals surface area contributed by atoms with E-state index in [2.05, 4.69) is 11.1 Å². The van der Waals surface area contributed by atoms with Crippen molar-refractivity contribution in [2.24, 2.45) is 0 Å². The van der Waals surface area contributed by atoms with Crippen LogP contribution in [0.5, 0.6) is 11.5 Å². The lowest BCUT2D eigenvalue weighted by Crippen LogP contribution is -2.44. The first-order valence-corrected chi connectivity index (χ1v) is 11.9. The van der Waals surface area contributed by atoms with E-state index in [1.807, 2.05) is 36.4 Å². The van der Waals surface area contributed by atoms with Crippen molar-refractivity contribution >= 4 is 40.1 Å². The fourth-order valence-electron chi connectivity index (χ4n) is 5.51. The number of halogens is 1. The number of urea groups is 1. The SMILES string of the molecule is O=C1[C@@H]2Cc3c([nH]c4ccccc34)[C@@H](c3cccc(Cl)c3)N2C(=O)N1c1ccc2c(c1)OCCO2. The molecule has 0 spiro atoms. The van der Waals surface area contributed by atoms with Crippen molar-refractivity contribution in [2.45, 2.75) is 18.5 Å². The van der Waals surface area contributed by atoms with Gasteiger partial charge >= 0.3 is 6.03 Å². The van der Waals surface area contributed by atoms with Gasteiger partial charge in [0.1, 0.15) is 25.3 Å². The van der Waals surface area contributed by atoms with Crippen molar-refractivity contribution in [1.29, 1.82) is 0 Å². The Labute approximate surface area is 205 Å². The normalized spacial score (nSPS) is 20.8. The zero-order valence-electron chi connectivity index (χ0n) is 18.5. The van der Waals surface area contributed by atoms with E-state index in [1.54, 1.807) is 29.2 Å². The molecule has 2 atom stereocenters. The minimum atomic E-state index is -0.633. The molecule has 1 N–H and O–H groups in total. The van der Waals surface area contributed by atoms with Crippen molar-refractivity contribution in [2.75, 3.05) is 18.1 Å². The molecule has 35 heavy (non-hydrogen) atoms. The highest BCUT2D eigenvalue weighted by Gasteiger charge is 2.53. The van der Waals surface area contributed by atoms with Gasteiger partial charge in [-0.15, -0.1) is 0 Å². The molecule has 4 aromatic rings. The van der Waals surface area contributed by atoms with Crippen LogP contribution in [0.4, 0.5) is 10.5 Å². The first-order valence-electron chi connectivity index (χ1n) is 11.5. The number of carbonyl (C=O) groups is 2. The Kier molecular flexibility index (Phi) is 4.38. The third-order valence-electron chi connectivity index (χ3n) is 7.00. The van der Waals surface area contributed by atoms with Gasteiger partial charge in [-0.1, -0.05) is 41.9 Å². The summed E-state index contributed by atoms with van der Waals surface area (Å²) in [4.78, 5) is 34.2. The van der Waals surface area contributed by atoms with Crippen LogP contribution in [0.2, 0.25) is 5.02 Å². The summed E-state index contributed by atoms with van der Waals surface area (Å²) in [6, 6.07) is 19.2. The Bertz CT molecular complexity index is 1530. The lowest BCUT2D eigenvalue weighted by atomic mass is 9.89. The van der Waals surface area contributed by atoms with Crippen molar-refractivity contribution in [1.82, 2.24) is 9.88 Å². The number of aromatic nitrogens is 1. The van der Waals surface area contributed by atoms with Crippen LogP contribution in [0, 0.1) is 0 Å². The van der Waals surface area contributed by atoms with Crippen LogP contribution < -0.4 is 14.4 Å². The Hall–Kier alpha value is -3.97. The predicted molar refractivity (Wildman–Crippen MR) is 131 cm³/mol. The molecule has 0 aliphatic carbocycles. The van der Waals surface area contributed by atoms with Crippen molar-refractivity contribution < 1.29 is 19.1 Å². The molecule has 1 saturated heterocycles. The number of para-hydroxylation sites is 1. The number of carbonyl (C=O) groups excluding carboxylic acids is 2. The molecule has 8 heteroatoms. The van der Waals surface area contributed by atoms with Gasteiger partial charge in [-0.25, -0.2) is 9.69 Å². The molecule has 3 aliphatic rings. The molecule has 3 aliphatic heterocycles. The van der Waals surface area contributed by atoms with Gasteiger partial charge in [0.2, 0.25) is 0 Å². The van der Waals surface area contributed by atoms with Crippen LogP contribution in [-0.4, -0.2) is 41.1 Å². The Morgan fingerprint density at radius 2 is 1.74 bits per heavy atom. The first-order chi connectivity index (χ1) is 17.1. The molecule has 0 unspecified atom stereocenters. The van der Waals surface area contributed by atoms with E-state index in [1.165, 1.54) is 4.90 Å². The number of imide groups is 1. The highest BCUT2D eigenvalue weighted by Crippen LogP contribution is 2.46. The number of hydrogen-bond acceptors (Lipinski definition) is 4. The van der Waals surface area contributed by atoms with Crippen LogP contribution in [0.1, 0.15) is 22.9 Å². The van der Waals surface area contributed by atoms with E-state index < -0.39 is 12.1 Å². The number of anilines is 1. The van der Waals surface area contributed by atoms with Crippen molar-refractivity contribution in [3.63, 3.8) is 0 Å². The maximum atomic E-state index is 13.9. The van der Waals surface area contributed by atoms with Crippen LogP contribution in [0.15, 0.2) is 66.7 Å². The maximum Gasteiger partial charge on any atom is 0.332 e. The molecule has 4 heterocycles. The van der Waals surface area contributed by atoms with Gasteiger partial charge < -0.3 is 14.5 Å². The number of benzene rings is 3. The standard InChI is InChI=1S/C27H20ClN3O4/c28-16-5-3-4-15(12-16)25-24-19(18-6-1-2-7-20(18)29-24)14-21-26(32)30(27(33)31(21)25)17-8-9-22-23(13-17)35-11-10-34-22/h1-9,12-13,21,25,29H,10-11,14H2/t21-,25+/m0/s1. The molecule has 0 saturated carbocycles. The molecule has 7 nitrogen and oxygen atoms in total. The summed E-state index contributed by atoms with van der Waals surface area (Å²) in [5.41, 5.74) is 4.26. The topological polar surface area (TPSA) is 74.9 Å². The highest BCUT2D eigenvalue weighted by molar-refractivity contribution is 6.30. The van der Waals surface area contributed by atoms with E-state index >= 15 is 0 Å². The number of H-pyrrole nitrogens is 1. The predicted octanol–water partition coefficient (Wildman–Crippen LogP) is 5.08. The third kappa shape index (κ3) is 2.98. The second-order valence-electron chi connectivity index (χ2n) is 8.93. The molecular formula is C27H20ClN3O4. The molecule has 174 valence electrons. The largest absolute Gasteiger partial charge is 0.486 e. The molecular weight excluding hydrogens is 466 g/mol. The quantitative estimate of drug-likeness (QED) is 0.402. The highest BCUT2D eigenvalue weighted by atomic mass is 35.5. The average molecular weight is 486 g/mol. The van der Waals surface area contributed by atoms with Gasteiger partial charge in [0, 0.05) is 34.1 Å². The minimum Gasteiger partial charge on any atom is -0.486 e. The summed E-state index contributed by atoms with van der Waals surface area (Å²) in [6.45, 7) is 0.891. The summed E-state index contributed by atoms with van der Waals surface area (Å²) in [5.74, 6) is 0.881. The summed E-state index contributed by atoms with van der Waals surface area (Å²) in [6.07, 6.45) is 0.433. The molecule has 7 rings (SSSR count). The van der Waals surface area contributed by atoms with Crippen molar-refractivity contribution in [3.05, 3.63) is 88.6 Å². The molecule has 1 aromatic heterocycles. The smallest absolute Gasteiger partial charge is 0.332 e. The van der Waals surface area contributed by atoms with E-state index in [4.69, 9.17) is 21.1 Å². The number of amides is 3. The maximum absolute atomic E-state index is 13.9. The fourth-order valence-corrected chi connectivity index (χ4v) is 5.71. The number of rotatable bonds is 2. The summed E-state index contributed by atoms with van der Waals surface area (Å²) >= 11 is 6.35. The summed E-state index contributed by atoms with van der Waals surface area (Å²) in [5, 5.41) is 1.64. The Balaban J connectivity index is 1.38. The number of nitrogens with one attached hydrogen (secondary N) is 1. The Morgan fingerprint density at radius 1 is 0.914 bits per heavy atom. The number of nitrogens with zero attached hydrogens (tertiary/aromatic N) is 2. The zero-order chi connectivity index (χ0) is 23.7. The second-order valence-corrected chi connectivity index (χ2v) is 9.37. The van der Waals surface area contributed by atoms with Gasteiger partial charge in [-0.05, 0) is 41.5 Å². The summed E-state index contributed by atoms with van der Waals surface area (Å²) < 4.78 is 11.3. The lowest BCUT2D eigenvalue weighted by molar-refractivity contribution is -0.120. The molecule has 3 aromatic carbocycles. The van der Waals surface area contributed by atoms with Gasteiger partial charge in [-0.3, -0.25) is 9.69 Å². The second kappa shape index (κ2) is 7.52. The van der Waals surface area contributed by atoms with Crippen LogP contribution in [0.3, 0.4) is 0 Å².